The molecule has 7 heteroatoms. The van der Waals surface area contributed by atoms with Crippen molar-refractivity contribution in [3.05, 3.63) is 35.7 Å². The molecule has 0 aliphatic carbocycles. The first kappa shape index (κ1) is 18.9. The first-order chi connectivity index (χ1) is 11.9. The quantitative estimate of drug-likeness (QED) is 0.787. The molecule has 1 amide bonds. The van der Waals surface area contributed by atoms with Crippen molar-refractivity contribution in [2.45, 2.75) is 32.9 Å². The van der Waals surface area contributed by atoms with Crippen molar-refractivity contribution in [2.75, 3.05) is 26.3 Å². The number of hydrogen-bond donors (Lipinski definition) is 1. The van der Waals surface area contributed by atoms with E-state index in [4.69, 9.17) is 10.00 Å². The highest BCUT2D eigenvalue weighted by molar-refractivity contribution is 5.76. The van der Waals surface area contributed by atoms with Crippen LogP contribution in [0.5, 0.6) is 0 Å². The SMILES string of the molecule is C=C(C#N)C[C@@H](O)/C(C)=C(/C)c1cnn(CC(=O)N2CCOCC2)c1. The zero-order valence-electron chi connectivity index (χ0n) is 14.7. The first-order valence-electron chi connectivity index (χ1n) is 8.24. The van der Waals surface area contributed by atoms with Gasteiger partial charge in [-0.05, 0) is 25.0 Å². The average molecular weight is 344 g/mol. The smallest absolute Gasteiger partial charge is 0.244 e. The second kappa shape index (κ2) is 8.60. The van der Waals surface area contributed by atoms with Gasteiger partial charge >= 0.3 is 0 Å². The summed E-state index contributed by atoms with van der Waals surface area (Å²) in [7, 11) is 0. The number of ether oxygens (including phenoxy) is 1. The number of nitriles is 1. The molecule has 1 aromatic heterocycles. The molecule has 0 radical (unpaired) electrons. The van der Waals surface area contributed by atoms with Gasteiger partial charge in [0.1, 0.15) is 6.54 Å². The molecule has 1 fully saturated rings. The van der Waals surface area contributed by atoms with Crippen LogP contribution in [0.4, 0.5) is 0 Å². The average Bonchev–Trinajstić information content (AvgIpc) is 3.09. The van der Waals surface area contributed by atoms with Crippen molar-refractivity contribution in [1.29, 1.82) is 5.26 Å². The van der Waals surface area contributed by atoms with Crippen LogP contribution in [-0.4, -0.2) is 58.1 Å². The number of nitrogens with zero attached hydrogens (tertiary/aromatic N) is 4. The van der Waals surface area contributed by atoms with E-state index in [2.05, 4.69) is 11.7 Å². The Morgan fingerprint density at radius 1 is 1.48 bits per heavy atom. The molecule has 0 unspecified atom stereocenters. The van der Waals surface area contributed by atoms with Gasteiger partial charge in [0.2, 0.25) is 5.91 Å². The highest BCUT2D eigenvalue weighted by Crippen LogP contribution is 2.22. The van der Waals surface area contributed by atoms with E-state index in [1.807, 2.05) is 19.9 Å². The molecule has 1 saturated heterocycles. The summed E-state index contributed by atoms with van der Waals surface area (Å²) in [5, 5.41) is 23.2. The van der Waals surface area contributed by atoms with E-state index >= 15 is 0 Å². The summed E-state index contributed by atoms with van der Waals surface area (Å²) in [6.45, 7) is 9.85. The molecular formula is C18H24N4O3. The molecule has 1 aliphatic rings. The van der Waals surface area contributed by atoms with Gasteiger partial charge in [-0.3, -0.25) is 9.48 Å². The number of rotatable bonds is 6. The molecule has 1 aliphatic heterocycles. The van der Waals surface area contributed by atoms with Crippen molar-refractivity contribution >= 4 is 11.5 Å². The molecule has 2 heterocycles. The maximum absolute atomic E-state index is 12.3. The zero-order valence-corrected chi connectivity index (χ0v) is 14.7. The topological polar surface area (TPSA) is 91.4 Å². The van der Waals surface area contributed by atoms with Gasteiger partial charge < -0.3 is 14.7 Å². The molecule has 1 atom stereocenters. The van der Waals surface area contributed by atoms with E-state index in [1.54, 1.807) is 22.0 Å². The number of aliphatic hydroxyl groups is 1. The molecular weight excluding hydrogens is 320 g/mol. The van der Waals surface area contributed by atoms with E-state index in [-0.39, 0.29) is 18.9 Å². The largest absolute Gasteiger partial charge is 0.388 e. The van der Waals surface area contributed by atoms with Crippen molar-refractivity contribution in [1.82, 2.24) is 14.7 Å². The lowest BCUT2D eigenvalue weighted by atomic mass is 9.97. The van der Waals surface area contributed by atoms with E-state index < -0.39 is 6.10 Å². The second-order valence-corrected chi connectivity index (χ2v) is 6.16. The van der Waals surface area contributed by atoms with Gasteiger partial charge in [0, 0.05) is 36.8 Å². The molecule has 1 aromatic rings. The number of aliphatic hydroxyl groups excluding tert-OH is 1. The second-order valence-electron chi connectivity index (χ2n) is 6.16. The molecule has 134 valence electrons. The number of allylic oxidation sites excluding steroid dienone is 1. The summed E-state index contributed by atoms with van der Waals surface area (Å²) in [5.41, 5.74) is 2.82. The summed E-state index contributed by atoms with van der Waals surface area (Å²) >= 11 is 0. The molecule has 0 bridgehead atoms. The minimum Gasteiger partial charge on any atom is -0.388 e. The highest BCUT2D eigenvalue weighted by Gasteiger charge is 2.18. The van der Waals surface area contributed by atoms with Crippen molar-refractivity contribution in [3.63, 3.8) is 0 Å². The van der Waals surface area contributed by atoms with Crippen molar-refractivity contribution < 1.29 is 14.6 Å². The van der Waals surface area contributed by atoms with E-state index in [9.17, 15) is 9.90 Å². The molecule has 7 nitrogen and oxygen atoms in total. The van der Waals surface area contributed by atoms with Crippen LogP contribution >= 0.6 is 0 Å². The van der Waals surface area contributed by atoms with Crippen LogP contribution in [0.3, 0.4) is 0 Å². The third-order valence-electron chi connectivity index (χ3n) is 4.42. The van der Waals surface area contributed by atoms with E-state index in [0.29, 0.717) is 31.9 Å². The fraction of sp³-hybridized carbons (Fsp3) is 0.500. The molecule has 25 heavy (non-hydrogen) atoms. The summed E-state index contributed by atoms with van der Waals surface area (Å²) < 4.78 is 6.85. The summed E-state index contributed by atoms with van der Waals surface area (Å²) in [6, 6.07) is 1.94. The maximum atomic E-state index is 12.3. The van der Waals surface area contributed by atoms with Crippen LogP contribution in [0.15, 0.2) is 30.1 Å². The van der Waals surface area contributed by atoms with Gasteiger partial charge in [-0.25, -0.2) is 0 Å². The molecule has 0 aromatic carbocycles. The highest BCUT2D eigenvalue weighted by atomic mass is 16.5. The van der Waals surface area contributed by atoms with Crippen molar-refractivity contribution in [2.24, 2.45) is 0 Å². The first-order valence-corrected chi connectivity index (χ1v) is 8.24. The van der Waals surface area contributed by atoms with Gasteiger partial charge in [-0.1, -0.05) is 6.58 Å². The molecule has 2 rings (SSSR count). The fourth-order valence-electron chi connectivity index (χ4n) is 2.60. The Balaban J connectivity index is 2.03. The van der Waals surface area contributed by atoms with Crippen LogP contribution < -0.4 is 0 Å². The number of morpholine rings is 1. The lowest BCUT2D eigenvalue weighted by Gasteiger charge is -2.26. The Labute approximate surface area is 147 Å². The Morgan fingerprint density at radius 3 is 2.80 bits per heavy atom. The maximum Gasteiger partial charge on any atom is 0.244 e. The van der Waals surface area contributed by atoms with Crippen LogP contribution in [0, 0.1) is 11.3 Å². The van der Waals surface area contributed by atoms with Gasteiger partial charge in [0.25, 0.3) is 0 Å². The van der Waals surface area contributed by atoms with Crippen LogP contribution in [0.2, 0.25) is 0 Å². The van der Waals surface area contributed by atoms with Crippen molar-refractivity contribution in [3.8, 4) is 6.07 Å². The number of amides is 1. The standard InChI is InChI=1S/C18H24N4O3/c1-13(9-19)8-17(23)15(3)14(2)16-10-20-22(11-16)12-18(24)21-4-6-25-7-5-21/h10-11,17,23H,1,4-8,12H2,2-3H3/b15-14-/t17-/m1/s1. The van der Waals surface area contributed by atoms with E-state index in [1.165, 1.54) is 0 Å². The third-order valence-corrected chi connectivity index (χ3v) is 4.42. The lowest BCUT2D eigenvalue weighted by molar-refractivity contribution is -0.136. The predicted octanol–water partition coefficient (Wildman–Crippen LogP) is 1.37. The van der Waals surface area contributed by atoms with Crippen LogP contribution in [0.1, 0.15) is 25.8 Å². The predicted molar refractivity (Wildman–Crippen MR) is 93.3 cm³/mol. The number of aromatic nitrogens is 2. The van der Waals surface area contributed by atoms with Gasteiger partial charge in [-0.15, -0.1) is 0 Å². The van der Waals surface area contributed by atoms with Gasteiger partial charge in [0.05, 0.1) is 31.6 Å². The van der Waals surface area contributed by atoms with Gasteiger partial charge in [0.15, 0.2) is 0 Å². The molecule has 1 N–H and O–H groups in total. The monoisotopic (exact) mass is 344 g/mol. The van der Waals surface area contributed by atoms with Crippen LogP contribution in [0.25, 0.3) is 5.57 Å². The Hall–Kier alpha value is -2.43. The summed E-state index contributed by atoms with van der Waals surface area (Å²) in [5.74, 6) is 0.0154. The minimum atomic E-state index is -0.759. The lowest BCUT2D eigenvalue weighted by Crippen LogP contribution is -2.42. The third kappa shape index (κ3) is 5.02. The molecule has 0 spiro atoms. The van der Waals surface area contributed by atoms with Gasteiger partial charge in [-0.2, -0.15) is 10.4 Å². The number of carbonyl (C=O) groups is 1. The molecule has 0 saturated carbocycles. The number of carbonyl (C=O) groups excluding carboxylic acids is 1. The number of hydrogen-bond acceptors (Lipinski definition) is 5. The minimum absolute atomic E-state index is 0.0154. The fourth-order valence-corrected chi connectivity index (χ4v) is 2.60. The Bertz CT molecular complexity index is 708. The summed E-state index contributed by atoms with van der Waals surface area (Å²) in [6.07, 6.45) is 2.93. The normalized spacial score (nSPS) is 16.8. The summed E-state index contributed by atoms with van der Waals surface area (Å²) in [4.78, 5) is 14.0. The van der Waals surface area contributed by atoms with Crippen LogP contribution in [-0.2, 0) is 16.1 Å². The zero-order chi connectivity index (χ0) is 18.4. The Morgan fingerprint density at radius 2 is 2.16 bits per heavy atom. The Kier molecular flexibility index (Phi) is 6.51. The van der Waals surface area contributed by atoms with E-state index in [0.717, 1.165) is 16.7 Å².